The highest BCUT2D eigenvalue weighted by Gasteiger charge is 2.29. The number of piperidine rings is 1. The van der Waals surface area contributed by atoms with E-state index in [2.05, 4.69) is 9.88 Å². The van der Waals surface area contributed by atoms with Crippen molar-refractivity contribution in [3.63, 3.8) is 0 Å². The van der Waals surface area contributed by atoms with Crippen LogP contribution in [0.2, 0.25) is 0 Å². The lowest BCUT2D eigenvalue weighted by Gasteiger charge is -2.34. The van der Waals surface area contributed by atoms with Crippen molar-refractivity contribution in [2.45, 2.75) is 19.4 Å². The maximum Gasteiger partial charge on any atom is 0.270 e. The van der Waals surface area contributed by atoms with Crippen LogP contribution >= 0.6 is 11.3 Å². The largest absolute Gasteiger partial charge is 0.342 e. The topological polar surface area (TPSA) is 69.3 Å². The van der Waals surface area contributed by atoms with Crippen molar-refractivity contribution in [3.8, 4) is 11.1 Å². The van der Waals surface area contributed by atoms with Crippen molar-refractivity contribution >= 4 is 33.4 Å². The molecule has 1 fully saturated rings. The van der Waals surface area contributed by atoms with Crippen LogP contribution in [0.3, 0.4) is 0 Å². The summed E-state index contributed by atoms with van der Waals surface area (Å²) < 4.78 is 0.629. The summed E-state index contributed by atoms with van der Waals surface area (Å²) in [7, 11) is 1.86. The number of thiophene rings is 1. The lowest BCUT2D eigenvalue weighted by Crippen LogP contribution is -2.44. The summed E-state index contributed by atoms with van der Waals surface area (Å²) in [5, 5.41) is 1.99. The molecule has 0 aliphatic carbocycles. The van der Waals surface area contributed by atoms with Crippen LogP contribution in [0.1, 0.15) is 18.4 Å². The number of benzene rings is 2. The van der Waals surface area contributed by atoms with Gasteiger partial charge in [-0.15, -0.1) is 11.3 Å². The molecule has 1 atom stereocenters. The molecule has 33 heavy (non-hydrogen) atoms. The molecule has 4 aromatic rings. The van der Waals surface area contributed by atoms with Crippen LogP contribution in [0.25, 0.3) is 21.3 Å². The van der Waals surface area contributed by atoms with E-state index < -0.39 is 0 Å². The zero-order valence-corrected chi connectivity index (χ0v) is 19.3. The summed E-state index contributed by atoms with van der Waals surface area (Å²) in [5.41, 5.74) is 3.72. The van der Waals surface area contributed by atoms with E-state index in [4.69, 9.17) is 4.98 Å². The number of carbonyl (C=O) groups is 1. The Morgan fingerprint density at radius 1 is 1.15 bits per heavy atom. The molecule has 6 nitrogen and oxygen atoms in total. The van der Waals surface area contributed by atoms with Crippen LogP contribution in [-0.4, -0.2) is 40.9 Å². The number of hydrogen-bond donors (Lipinski definition) is 1. The first kappa shape index (κ1) is 21.4. The fraction of sp³-hybridized carbons (Fsp3) is 0.269. The molecule has 0 bridgehead atoms. The molecule has 1 aliphatic rings. The first-order valence-corrected chi connectivity index (χ1v) is 12.1. The van der Waals surface area contributed by atoms with E-state index in [9.17, 15) is 9.59 Å². The predicted octanol–water partition coefficient (Wildman–Crippen LogP) is 4.53. The summed E-state index contributed by atoms with van der Waals surface area (Å²) in [4.78, 5) is 37.7. The van der Waals surface area contributed by atoms with Gasteiger partial charge in [0.2, 0.25) is 11.9 Å². The molecule has 1 amide bonds. The van der Waals surface area contributed by atoms with Crippen LogP contribution in [0.15, 0.2) is 70.8 Å². The minimum atomic E-state index is -0.128. The van der Waals surface area contributed by atoms with Gasteiger partial charge in [-0.05, 0) is 24.0 Å². The SMILES string of the molecule is CN(Cc1ccccc1)C(=O)C1CCCN(c2nc3c(-c4ccccc4)csc3c(=O)[nH]2)C1. The van der Waals surface area contributed by atoms with E-state index in [-0.39, 0.29) is 17.4 Å². The second kappa shape index (κ2) is 9.19. The Labute approximate surface area is 196 Å². The quantitative estimate of drug-likeness (QED) is 0.477. The number of nitrogens with one attached hydrogen (secondary N) is 1. The van der Waals surface area contributed by atoms with Gasteiger partial charge in [-0.1, -0.05) is 60.7 Å². The fourth-order valence-electron chi connectivity index (χ4n) is 4.51. The molecule has 168 valence electrons. The Hall–Kier alpha value is -3.45. The summed E-state index contributed by atoms with van der Waals surface area (Å²) in [6.45, 7) is 1.91. The molecular formula is C26H26N4O2S. The molecule has 1 aliphatic heterocycles. The molecule has 3 heterocycles. The summed E-state index contributed by atoms with van der Waals surface area (Å²) in [6.07, 6.45) is 1.72. The predicted molar refractivity (Wildman–Crippen MR) is 134 cm³/mol. The van der Waals surface area contributed by atoms with E-state index in [1.807, 2.05) is 73.1 Å². The van der Waals surface area contributed by atoms with Crippen LogP contribution in [-0.2, 0) is 11.3 Å². The Bertz CT molecular complexity index is 1320. The zero-order valence-electron chi connectivity index (χ0n) is 18.5. The number of amides is 1. The summed E-state index contributed by atoms with van der Waals surface area (Å²) >= 11 is 1.42. The van der Waals surface area contributed by atoms with Crippen molar-refractivity contribution in [3.05, 3.63) is 82.0 Å². The lowest BCUT2D eigenvalue weighted by molar-refractivity contribution is -0.135. The number of nitrogens with zero attached hydrogens (tertiary/aromatic N) is 3. The number of aromatic amines is 1. The molecule has 1 unspecified atom stereocenters. The number of anilines is 1. The molecule has 1 N–H and O–H groups in total. The van der Waals surface area contributed by atoms with E-state index in [1.165, 1.54) is 11.3 Å². The molecule has 7 heteroatoms. The number of H-pyrrole nitrogens is 1. The molecule has 5 rings (SSSR count). The van der Waals surface area contributed by atoms with Gasteiger partial charge in [0, 0.05) is 37.6 Å². The number of aromatic nitrogens is 2. The second-order valence-electron chi connectivity index (χ2n) is 8.55. The average molecular weight is 459 g/mol. The van der Waals surface area contributed by atoms with Crippen molar-refractivity contribution < 1.29 is 4.79 Å². The molecule has 0 spiro atoms. The van der Waals surface area contributed by atoms with Crippen molar-refractivity contribution in [1.29, 1.82) is 0 Å². The Balaban J connectivity index is 1.38. The summed E-state index contributed by atoms with van der Waals surface area (Å²) in [5.74, 6) is 0.559. The molecule has 0 saturated carbocycles. The maximum absolute atomic E-state index is 13.2. The van der Waals surface area contributed by atoms with Gasteiger partial charge in [0.05, 0.1) is 11.4 Å². The number of carbonyl (C=O) groups excluding carboxylic acids is 1. The van der Waals surface area contributed by atoms with Crippen LogP contribution in [0.5, 0.6) is 0 Å². The Morgan fingerprint density at radius 3 is 2.64 bits per heavy atom. The van der Waals surface area contributed by atoms with Crippen molar-refractivity contribution in [2.24, 2.45) is 5.92 Å². The highest BCUT2D eigenvalue weighted by Crippen LogP contribution is 2.32. The first-order valence-electron chi connectivity index (χ1n) is 11.2. The standard InChI is InChI=1S/C26H26N4O2S/c1-29(15-18-9-4-2-5-10-18)25(32)20-13-8-14-30(16-20)26-27-22-21(19-11-6-3-7-12-19)17-33-23(22)24(31)28-26/h2-7,9-12,17,20H,8,13-16H2,1H3,(H,27,28,31). The van der Waals surface area contributed by atoms with Gasteiger partial charge in [0.1, 0.15) is 4.70 Å². The minimum Gasteiger partial charge on any atom is -0.342 e. The molecular weight excluding hydrogens is 432 g/mol. The normalized spacial score (nSPS) is 16.2. The molecule has 1 saturated heterocycles. The summed E-state index contributed by atoms with van der Waals surface area (Å²) in [6, 6.07) is 20.0. The highest BCUT2D eigenvalue weighted by molar-refractivity contribution is 7.17. The van der Waals surface area contributed by atoms with E-state index in [0.29, 0.717) is 23.7 Å². The van der Waals surface area contributed by atoms with Gasteiger partial charge in [-0.3, -0.25) is 14.6 Å². The average Bonchev–Trinajstić information content (AvgIpc) is 3.29. The number of rotatable bonds is 5. The van der Waals surface area contributed by atoms with Gasteiger partial charge < -0.3 is 9.80 Å². The third-order valence-electron chi connectivity index (χ3n) is 6.21. The first-order chi connectivity index (χ1) is 16.1. The van der Waals surface area contributed by atoms with Gasteiger partial charge >= 0.3 is 0 Å². The van der Waals surface area contributed by atoms with Crippen LogP contribution in [0, 0.1) is 5.92 Å². The zero-order chi connectivity index (χ0) is 22.8. The van der Waals surface area contributed by atoms with Crippen LogP contribution < -0.4 is 10.5 Å². The Morgan fingerprint density at radius 2 is 1.88 bits per heavy atom. The van der Waals surface area contributed by atoms with Crippen LogP contribution in [0.4, 0.5) is 5.95 Å². The second-order valence-corrected chi connectivity index (χ2v) is 9.43. The lowest BCUT2D eigenvalue weighted by atomic mass is 9.96. The maximum atomic E-state index is 13.2. The minimum absolute atomic E-state index is 0.121. The fourth-order valence-corrected chi connectivity index (χ4v) is 5.41. The molecule has 0 radical (unpaired) electrons. The van der Waals surface area contributed by atoms with E-state index in [1.54, 1.807) is 4.90 Å². The highest BCUT2D eigenvalue weighted by atomic mass is 32.1. The molecule has 2 aromatic carbocycles. The number of hydrogen-bond acceptors (Lipinski definition) is 5. The molecule has 2 aromatic heterocycles. The van der Waals surface area contributed by atoms with Gasteiger partial charge in [-0.25, -0.2) is 4.98 Å². The van der Waals surface area contributed by atoms with Crippen molar-refractivity contribution in [2.75, 3.05) is 25.0 Å². The van der Waals surface area contributed by atoms with E-state index in [0.717, 1.165) is 41.6 Å². The van der Waals surface area contributed by atoms with Gasteiger partial charge in [-0.2, -0.15) is 0 Å². The van der Waals surface area contributed by atoms with Gasteiger partial charge in [0.25, 0.3) is 5.56 Å². The smallest absolute Gasteiger partial charge is 0.270 e. The Kier molecular flexibility index (Phi) is 5.96. The number of fused-ring (bicyclic) bond motifs is 1. The van der Waals surface area contributed by atoms with E-state index >= 15 is 0 Å². The van der Waals surface area contributed by atoms with Crippen molar-refractivity contribution in [1.82, 2.24) is 14.9 Å². The van der Waals surface area contributed by atoms with Gasteiger partial charge in [0.15, 0.2) is 0 Å². The third kappa shape index (κ3) is 4.41. The third-order valence-corrected chi connectivity index (χ3v) is 7.18. The monoisotopic (exact) mass is 458 g/mol.